The Morgan fingerprint density at radius 2 is 2.26 bits per heavy atom. The van der Waals surface area contributed by atoms with Crippen LogP contribution < -0.4 is 5.32 Å². The summed E-state index contributed by atoms with van der Waals surface area (Å²) in [4.78, 5) is 0. The first-order valence-electron chi connectivity index (χ1n) is 6.41. The van der Waals surface area contributed by atoms with Gasteiger partial charge in [-0.2, -0.15) is 5.26 Å². The zero-order chi connectivity index (χ0) is 13.1. The molecule has 5 heteroatoms. The van der Waals surface area contributed by atoms with E-state index in [9.17, 15) is 0 Å². The molecule has 0 amide bonds. The minimum Gasteiger partial charge on any atom is -0.421 e. The maximum absolute atomic E-state index is 8.86. The molecule has 1 aliphatic rings. The fraction of sp³-hybridized carbons (Fsp3) is 0.357. The number of nitrogens with zero attached hydrogens (tertiary/aromatic N) is 3. The molecule has 1 aromatic heterocycles. The van der Waals surface area contributed by atoms with Crippen LogP contribution in [0.2, 0.25) is 0 Å². The van der Waals surface area contributed by atoms with Gasteiger partial charge in [0.2, 0.25) is 11.8 Å². The van der Waals surface area contributed by atoms with E-state index < -0.39 is 0 Å². The fourth-order valence-corrected chi connectivity index (χ4v) is 1.86. The van der Waals surface area contributed by atoms with Crippen molar-refractivity contribution in [2.45, 2.75) is 25.3 Å². The quantitative estimate of drug-likeness (QED) is 0.882. The lowest BCUT2D eigenvalue weighted by molar-refractivity contribution is 0.494. The van der Waals surface area contributed by atoms with Crippen LogP contribution in [0, 0.1) is 11.3 Å². The summed E-state index contributed by atoms with van der Waals surface area (Å²) in [7, 11) is 0. The monoisotopic (exact) mass is 254 g/mol. The second-order valence-electron chi connectivity index (χ2n) is 4.67. The molecule has 1 aromatic carbocycles. The third kappa shape index (κ3) is 2.98. The van der Waals surface area contributed by atoms with Gasteiger partial charge in [-0.15, -0.1) is 10.2 Å². The first-order chi connectivity index (χ1) is 9.35. The van der Waals surface area contributed by atoms with Crippen LogP contribution >= 0.6 is 0 Å². The minimum atomic E-state index is 0.471. The van der Waals surface area contributed by atoms with Crippen molar-refractivity contribution in [1.29, 1.82) is 5.26 Å². The summed E-state index contributed by atoms with van der Waals surface area (Å²) in [6.45, 7) is 0.866. The maximum Gasteiger partial charge on any atom is 0.247 e. The molecule has 0 bridgehead atoms. The molecule has 0 aliphatic heterocycles. The molecule has 1 heterocycles. The van der Waals surface area contributed by atoms with Crippen molar-refractivity contribution in [3.05, 3.63) is 35.7 Å². The van der Waals surface area contributed by atoms with Crippen LogP contribution in [0.25, 0.3) is 11.5 Å². The highest BCUT2D eigenvalue weighted by Crippen LogP contribution is 2.20. The largest absolute Gasteiger partial charge is 0.421 e. The van der Waals surface area contributed by atoms with Crippen LogP contribution in [0.15, 0.2) is 28.7 Å². The van der Waals surface area contributed by atoms with Gasteiger partial charge in [0.1, 0.15) is 0 Å². The molecule has 5 nitrogen and oxygen atoms in total. The van der Waals surface area contributed by atoms with Crippen LogP contribution in [0.4, 0.5) is 0 Å². The number of hydrogen-bond donors (Lipinski definition) is 1. The first-order valence-corrected chi connectivity index (χ1v) is 6.41. The van der Waals surface area contributed by atoms with E-state index in [1.165, 1.54) is 12.8 Å². The van der Waals surface area contributed by atoms with Gasteiger partial charge in [0.25, 0.3) is 0 Å². The van der Waals surface area contributed by atoms with Crippen LogP contribution in [0.5, 0.6) is 0 Å². The van der Waals surface area contributed by atoms with Gasteiger partial charge in [-0.05, 0) is 31.0 Å². The maximum atomic E-state index is 8.86. The number of nitriles is 1. The lowest BCUT2D eigenvalue weighted by Crippen LogP contribution is -2.19. The molecule has 96 valence electrons. The van der Waals surface area contributed by atoms with E-state index in [0.717, 1.165) is 18.5 Å². The van der Waals surface area contributed by atoms with Gasteiger partial charge in [-0.1, -0.05) is 6.07 Å². The van der Waals surface area contributed by atoms with Crippen molar-refractivity contribution in [1.82, 2.24) is 15.5 Å². The second kappa shape index (κ2) is 5.21. The molecule has 19 heavy (non-hydrogen) atoms. The number of benzene rings is 1. The fourth-order valence-electron chi connectivity index (χ4n) is 1.86. The molecule has 0 unspecified atom stereocenters. The summed E-state index contributed by atoms with van der Waals surface area (Å²) in [5.41, 5.74) is 1.38. The smallest absolute Gasteiger partial charge is 0.247 e. The van der Waals surface area contributed by atoms with E-state index in [2.05, 4.69) is 21.6 Å². The van der Waals surface area contributed by atoms with Gasteiger partial charge < -0.3 is 9.73 Å². The lowest BCUT2D eigenvalue weighted by atomic mass is 10.1. The van der Waals surface area contributed by atoms with Crippen molar-refractivity contribution >= 4 is 0 Å². The molecule has 0 spiro atoms. The van der Waals surface area contributed by atoms with Crippen molar-refractivity contribution in [2.75, 3.05) is 6.54 Å². The lowest BCUT2D eigenvalue weighted by Gasteiger charge is -1.98. The van der Waals surface area contributed by atoms with E-state index in [1.54, 1.807) is 12.1 Å². The molecule has 0 radical (unpaired) electrons. The topological polar surface area (TPSA) is 74.7 Å². The summed E-state index contributed by atoms with van der Waals surface area (Å²) in [5, 5.41) is 20.3. The molecule has 1 saturated carbocycles. The van der Waals surface area contributed by atoms with Gasteiger partial charge in [-0.25, -0.2) is 0 Å². The Bertz CT molecular complexity index is 610. The van der Waals surface area contributed by atoms with Crippen LogP contribution in [-0.2, 0) is 6.42 Å². The molecule has 1 N–H and O–H groups in total. The molecule has 1 fully saturated rings. The zero-order valence-electron chi connectivity index (χ0n) is 10.5. The Hall–Kier alpha value is -2.19. The summed E-state index contributed by atoms with van der Waals surface area (Å²) < 4.78 is 5.60. The number of aromatic nitrogens is 2. The highest BCUT2D eigenvalue weighted by atomic mass is 16.4. The van der Waals surface area contributed by atoms with Crippen LogP contribution in [-0.4, -0.2) is 22.8 Å². The van der Waals surface area contributed by atoms with Crippen molar-refractivity contribution in [2.24, 2.45) is 0 Å². The van der Waals surface area contributed by atoms with Gasteiger partial charge in [0.15, 0.2) is 0 Å². The van der Waals surface area contributed by atoms with E-state index in [0.29, 0.717) is 23.4 Å². The highest BCUT2D eigenvalue weighted by Gasteiger charge is 2.20. The van der Waals surface area contributed by atoms with Crippen LogP contribution in [0.1, 0.15) is 24.3 Å². The van der Waals surface area contributed by atoms with Crippen LogP contribution in [0.3, 0.4) is 0 Å². The predicted octanol–water partition coefficient (Wildman–Crippen LogP) is 1.90. The van der Waals surface area contributed by atoms with E-state index >= 15 is 0 Å². The number of hydrogen-bond acceptors (Lipinski definition) is 5. The Balaban J connectivity index is 1.67. The Labute approximate surface area is 111 Å². The molecule has 0 atom stereocenters. The summed E-state index contributed by atoms with van der Waals surface area (Å²) in [6, 6.07) is 9.96. The third-order valence-electron chi connectivity index (χ3n) is 3.05. The third-order valence-corrected chi connectivity index (χ3v) is 3.05. The minimum absolute atomic E-state index is 0.471. The number of rotatable bonds is 5. The summed E-state index contributed by atoms with van der Waals surface area (Å²) in [5.74, 6) is 1.10. The average molecular weight is 254 g/mol. The Morgan fingerprint density at radius 1 is 1.37 bits per heavy atom. The molecular weight excluding hydrogens is 240 g/mol. The van der Waals surface area contributed by atoms with E-state index in [-0.39, 0.29) is 0 Å². The summed E-state index contributed by atoms with van der Waals surface area (Å²) >= 11 is 0. The average Bonchev–Trinajstić information content (AvgIpc) is 3.15. The Morgan fingerprint density at radius 3 is 3.05 bits per heavy atom. The van der Waals surface area contributed by atoms with Crippen molar-refractivity contribution < 1.29 is 4.42 Å². The number of nitrogens with one attached hydrogen (secondary N) is 1. The normalized spacial score (nSPS) is 14.3. The van der Waals surface area contributed by atoms with Gasteiger partial charge in [0, 0.05) is 24.6 Å². The van der Waals surface area contributed by atoms with Gasteiger partial charge in [-0.3, -0.25) is 0 Å². The van der Waals surface area contributed by atoms with Crippen molar-refractivity contribution in [3.8, 4) is 17.5 Å². The van der Waals surface area contributed by atoms with Gasteiger partial charge >= 0.3 is 0 Å². The molecule has 0 saturated heterocycles. The first kappa shape index (κ1) is 11.9. The molecule has 1 aliphatic carbocycles. The Kier molecular flexibility index (Phi) is 3.25. The zero-order valence-corrected chi connectivity index (χ0v) is 10.5. The molecule has 2 aromatic rings. The molecule has 3 rings (SSSR count). The highest BCUT2D eigenvalue weighted by molar-refractivity contribution is 5.55. The SMILES string of the molecule is N#Cc1cccc(-c2nnc(CCNC3CC3)o2)c1. The second-order valence-corrected chi connectivity index (χ2v) is 4.67. The van der Waals surface area contributed by atoms with Gasteiger partial charge in [0.05, 0.1) is 11.6 Å². The van der Waals surface area contributed by atoms with E-state index in [4.69, 9.17) is 9.68 Å². The molecular formula is C14H14N4O. The predicted molar refractivity (Wildman–Crippen MR) is 69.2 cm³/mol. The standard InChI is InChI=1S/C14H14N4O/c15-9-10-2-1-3-11(8-10)14-18-17-13(19-14)6-7-16-12-4-5-12/h1-3,8,12,16H,4-7H2. The van der Waals surface area contributed by atoms with Crippen molar-refractivity contribution in [3.63, 3.8) is 0 Å². The summed E-state index contributed by atoms with van der Waals surface area (Å²) in [6.07, 6.45) is 3.29. The van der Waals surface area contributed by atoms with E-state index in [1.807, 2.05) is 12.1 Å².